The number of nitrogens with zero attached hydrogens (tertiary/aromatic N) is 2. The van der Waals surface area contributed by atoms with Gasteiger partial charge >= 0.3 is 0 Å². The maximum absolute atomic E-state index is 10.9. The van der Waals surface area contributed by atoms with Gasteiger partial charge in [-0.1, -0.05) is 12.1 Å². The first-order valence-electron chi connectivity index (χ1n) is 5.70. The molecule has 0 amide bonds. The van der Waals surface area contributed by atoms with Crippen molar-refractivity contribution in [1.29, 1.82) is 0 Å². The lowest BCUT2D eigenvalue weighted by atomic mass is 10.1. The Kier molecular flexibility index (Phi) is 3.69. The van der Waals surface area contributed by atoms with E-state index in [0.717, 1.165) is 24.0 Å². The van der Waals surface area contributed by atoms with Crippen LogP contribution in [-0.2, 0) is 0 Å². The molecule has 0 bridgehead atoms. The van der Waals surface area contributed by atoms with Gasteiger partial charge in [-0.05, 0) is 19.0 Å². The number of nitro groups is 1. The minimum absolute atomic E-state index is 0.0231. The fourth-order valence-corrected chi connectivity index (χ4v) is 1.79. The highest BCUT2D eigenvalue weighted by Gasteiger charge is 2.13. The van der Waals surface area contributed by atoms with Gasteiger partial charge in [0.25, 0.3) is 5.69 Å². The van der Waals surface area contributed by atoms with Crippen LogP contribution in [0.3, 0.4) is 0 Å². The van der Waals surface area contributed by atoms with Gasteiger partial charge in [-0.25, -0.2) is 4.98 Å². The van der Waals surface area contributed by atoms with Crippen LogP contribution in [0.15, 0.2) is 30.5 Å². The van der Waals surface area contributed by atoms with Crippen molar-refractivity contribution < 1.29 is 4.92 Å². The monoisotopic (exact) mass is 246 g/mol. The molecule has 0 saturated carbocycles. The summed E-state index contributed by atoms with van der Waals surface area (Å²) < 4.78 is 0. The van der Waals surface area contributed by atoms with E-state index in [0.29, 0.717) is 12.1 Å². The highest BCUT2D eigenvalue weighted by atomic mass is 16.6. The lowest BCUT2D eigenvalue weighted by molar-refractivity contribution is -0.383. The molecule has 2 aromatic rings. The number of nitro benzene ring substituents is 1. The molecule has 0 saturated heterocycles. The Balaban J connectivity index is 2.43. The van der Waals surface area contributed by atoms with Gasteiger partial charge in [-0.2, -0.15) is 0 Å². The first-order valence-corrected chi connectivity index (χ1v) is 5.70. The lowest BCUT2D eigenvalue weighted by Crippen LogP contribution is -2.08. The number of benzene rings is 1. The summed E-state index contributed by atoms with van der Waals surface area (Å²) in [4.78, 5) is 14.6. The Morgan fingerprint density at radius 1 is 1.39 bits per heavy atom. The van der Waals surface area contributed by atoms with Crippen LogP contribution in [0, 0.1) is 10.1 Å². The van der Waals surface area contributed by atoms with Gasteiger partial charge in [0.15, 0.2) is 0 Å². The van der Waals surface area contributed by atoms with Crippen molar-refractivity contribution in [3.63, 3.8) is 0 Å². The van der Waals surface area contributed by atoms with E-state index in [1.165, 1.54) is 6.07 Å². The quantitative estimate of drug-likeness (QED) is 0.477. The fourth-order valence-electron chi connectivity index (χ4n) is 1.79. The van der Waals surface area contributed by atoms with Crippen LogP contribution in [-0.4, -0.2) is 23.0 Å². The van der Waals surface area contributed by atoms with Crippen molar-refractivity contribution in [1.82, 2.24) is 4.98 Å². The van der Waals surface area contributed by atoms with Crippen LogP contribution >= 0.6 is 0 Å². The molecule has 0 aliphatic heterocycles. The summed E-state index contributed by atoms with van der Waals surface area (Å²) in [6, 6.07) is 6.75. The van der Waals surface area contributed by atoms with Crippen molar-refractivity contribution in [2.75, 3.05) is 18.4 Å². The number of rotatable bonds is 5. The molecule has 0 aliphatic rings. The predicted octanol–water partition coefficient (Wildman–Crippen LogP) is 1.90. The van der Waals surface area contributed by atoms with E-state index in [2.05, 4.69) is 10.3 Å². The van der Waals surface area contributed by atoms with E-state index in [1.54, 1.807) is 12.3 Å². The van der Waals surface area contributed by atoms with E-state index in [-0.39, 0.29) is 5.69 Å². The molecule has 3 N–H and O–H groups in total. The zero-order valence-electron chi connectivity index (χ0n) is 9.80. The Bertz CT molecular complexity index is 571. The number of para-hydroxylation sites is 1. The summed E-state index contributed by atoms with van der Waals surface area (Å²) in [5, 5.41) is 14.9. The van der Waals surface area contributed by atoms with Crippen molar-refractivity contribution >= 4 is 22.3 Å². The van der Waals surface area contributed by atoms with Gasteiger partial charge in [-0.3, -0.25) is 10.1 Å². The highest BCUT2D eigenvalue weighted by molar-refractivity contribution is 5.96. The standard InChI is InChI=1S/C12H14N4O2/c13-6-2-7-14-10-5-8-15-12-9(10)3-1-4-11(12)16(17)18/h1,3-5,8H,2,6-7,13H2,(H,14,15). The third-order valence-corrected chi connectivity index (χ3v) is 2.64. The number of aromatic nitrogens is 1. The number of fused-ring (bicyclic) bond motifs is 1. The molecular weight excluding hydrogens is 232 g/mol. The number of hydrogen-bond acceptors (Lipinski definition) is 5. The van der Waals surface area contributed by atoms with Crippen molar-refractivity contribution in [2.45, 2.75) is 6.42 Å². The third-order valence-electron chi connectivity index (χ3n) is 2.64. The predicted molar refractivity (Wildman–Crippen MR) is 70.6 cm³/mol. The topological polar surface area (TPSA) is 94.1 Å². The van der Waals surface area contributed by atoms with Gasteiger partial charge in [0.2, 0.25) is 0 Å². The Labute approximate surface area is 104 Å². The van der Waals surface area contributed by atoms with E-state index < -0.39 is 4.92 Å². The summed E-state index contributed by atoms with van der Waals surface area (Å²) in [6.45, 7) is 1.34. The molecule has 0 atom stereocenters. The minimum Gasteiger partial charge on any atom is -0.384 e. The Morgan fingerprint density at radius 3 is 2.94 bits per heavy atom. The minimum atomic E-state index is -0.418. The molecule has 1 aromatic heterocycles. The smallest absolute Gasteiger partial charge is 0.295 e. The Morgan fingerprint density at radius 2 is 2.22 bits per heavy atom. The normalized spacial score (nSPS) is 10.5. The molecule has 1 heterocycles. The fraction of sp³-hybridized carbons (Fsp3) is 0.250. The number of anilines is 1. The molecule has 0 fully saturated rings. The molecule has 6 nitrogen and oxygen atoms in total. The number of nitrogens with one attached hydrogen (secondary N) is 1. The molecule has 1 aromatic carbocycles. The summed E-state index contributed by atoms with van der Waals surface area (Å²) in [6.07, 6.45) is 2.42. The molecule has 94 valence electrons. The summed E-state index contributed by atoms with van der Waals surface area (Å²) in [7, 11) is 0. The molecule has 18 heavy (non-hydrogen) atoms. The third kappa shape index (κ3) is 2.38. The van der Waals surface area contributed by atoms with Crippen LogP contribution in [0.25, 0.3) is 10.9 Å². The van der Waals surface area contributed by atoms with Gasteiger partial charge in [0.05, 0.1) is 4.92 Å². The average Bonchev–Trinajstić information content (AvgIpc) is 2.38. The number of pyridine rings is 1. The maximum Gasteiger partial charge on any atom is 0.295 e. The average molecular weight is 246 g/mol. The molecule has 0 radical (unpaired) electrons. The van der Waals surface area contributed by atoms with Crippen LogP contribution in [0.1, 0.15) is 6.42 Å². The van der Waals surface area contributed by atoms with Gasteiger partial charge in [0, 0.05) is 29.9 Å². The van der Waals surface area contributed by atoms with Crippen LogP contribution in [0.4, 0.5) is 11.4 Å². The highest BCUT2D eigenvalue weighted by Crippen LogP contribution is 2.28. The molecule has 0 unspecified atom stereocenters. The molecule has 0 spiro atoms. The lowest BCUT2D eigenvalue weighted by Gasteiger charge is -2.08. The first kappa shape index (κ1) is 12.3. The SMILES string of the molecule is NCCCNc1ccnc2c([N+](=O)[O-])cccc12. The second-order valence-corrected chi connectivity index (χ2v) is 3.86. The van der Waals surface area contributed by atoms with E-state index >= 15 is 0 Å². The van der Waals surface area contributed by atoms with Gasteiger partial charge in [-0.15, -0.1) is 0 Å². The van der Waals surface area contributed by atoms with E-state index in [9.17, 15) is 10.1 Å². The van der Waals surface area contributed by atoms with Crippen molar-refractivity contribution in [3.8, 4) is 0 Å². The second-order valence-electron chi connectivity index (χ2n) is 3.86. The zero-order chi connectivity index (χ0) is 13.0. The molecule has 2 rings (SSSR count). The van der Waals surface area contributed by atoms with Crippen LogP contribution in [0.5, 0.6) is 0 Å². The van der Waals surface area contributed by atoms with Crippen LogP contribution < -0.4 is 11.1 Å². The van der Waals surface area contributed by atoms with Gasteiger partial charge in [0.1, 0.15) is 5.52 Å². The largest absolute Gasteiger partial charge is 0.384 e. The number of nitrogens with two attached hydrogens (primary N) is 1. The summed E-state index contributed by atoms with van der Waals surface area (Å²) in [5.74, 6) is 0. The number of hydrogen-bond donors (Lipinski definition) is 2. The van der Waals surface area contributed by atoms with E-state index in [1.807, 2.05) is 12.1 Å². The maximum atomic E-state index is 10.9. The van der Waals surface area contributed by atoms with E-state index in [4.69, 9.17) is 5.73 Å². The van der Waals surface area contributed by atoms with Crippen molar-refractivity contribution in [2.24, 2.45) is 5.73 Å². The van der Waals surface area contributed by atoms with Crippen molar-refractivity contribution in [3.05, 3.63) is 40.6 Å². The van der Waals surface area contributed by atoms with Crippen LogP contribution in [0.2, 0.25) is 0 Å². The first-order chi connectivity index (χ1) is 8.74. The summed E-state index contributed by atoms with van der Waals surface area (Å²) in [5.41, 5.74) is 6.70. The molecule has 6 heteroatoms. The second kappa shape index (κ2) is 5.42. The molecular formula is C12H14N4O2. The molecule has 0 aliphatic carbocycles. The number of non-ortho nitro benzene ring substituents is 1. The van der Waals surface area contributed by atoms with Gasteiger partial charge < -0.3 is 11.1 Å². The Hall–Kier alpha value is -2.21. The zero-order valence-corrected chi connectivity index (χ0v) is 9.80. The summed E-state index contributed by atoms with van der Waals surface area (Å²) >= 11 is 0.